The van der Waals surface area contributed by atoms with Gasteiger partial charge in [-0.3, -0.25) is 9.69 Å². The van der Waals surface area contributed by atoms with Gasteiger partial charge in [0.05, 0.1) is 11.7 Å². The Kier molecular flexibility index (Phi) is 6.47. The summed E-state index contributed by atoms with van der Waals surface area (Å²) in [6, 6.07) is 10.3. The van der Waals surface area contributed by atoms with Gasteiger partial charge in [0.25, 0.3) is 0 Å². The zero-order valence-electron chi connectivity index (χ0n) is 14.6. The SMILES string of the molecule is Cc1cccc(OCCN(C)C(C)C(=O)Nc2ccc(F)cc2F)c1. The van der Waals surface area contributed by atoms with E-state index in [4.69, 9.17) is 4.74 Å². The molecule has 1 amide bonds. The summed E-state index contributed by atoms with van der Waals surface area (Å²) in [5.74, 6) is -1.08. The maximum atomic E-state index is 13.6. The number of carbonyl (C=O) groups is 1. The fourth-order valence-electron chi connectivity index (χ4n) is 2.23. The summed E-state index contributed by atoms with van der Waals surface area (Å²) in [6.45, 7) is 4.64. The molecule has 0 saturated carbocycles. The van der Waals surface area contributed by atoms with Crippen molar-refractivity contribution in [2.45, 2.75) is 19.9 Å². The molecule has 0 radical (unpaired) electrons. The minimum absolute atomic E-state index is 0.0392. The number of nitrogens with one attached hydrogen (secondary N) is 1. The van der Waals surface area contributed by atoms with Gasteiger partial charge in [-0.25, -0.2) is 8.78 Å². The van der Waals surface area contributed by atoms with Gasteiger partial charge in [-0.1, -0.05) is 12.1 Å². The van der Waals surface area contributed by atoms with Crippen molar-refractivity contribution in [3.05, 3.63) is 59.7 Å². The summed E-state index contributed by atoms with van der Waals surface area (Å²) in [5, 5.41) is 2.47. The molecule has 0 aliphatic rings. The molecule has 0 aliphatic heterocycles. The van der Waals surface area contributed by atoms with E-state index < -0.39 is 17.7 Å². The molecule has 1 atom stereocenters. The Hall–Kier alpha value is -2.47. The second kappa shape index (κ2) is 8.58. The normalized spacial score (nSPS) is 12.1. The summed E-state index contributed by atoms with van der Waals surface area (Å²) in [4.78, 5) is 14.0. The Labute approximate surface area is 146 Å². The number of aryl methyl sites for hydroxylation is 1. The third-order valence-electron chi connectivity index (χ3n) is 3.93. The summed E-state index contributed by atoms with van der Waals surface area (Å²) >= 11 is 0. The molecular formula is C19H22F2N2O2. The van der Waals surface area contributed by atoms with Crippen molar-refractivity contribution in [3.8, 4) is 5.75 Å². The van der Waals surface area contributed by atoms with E-state index in [1.807, 2.05) is 31.2 Å². The number of carbonyl (C=O) groups excluding carboxylic acids is 1. The molecule has 0 heterocycles. The molecule has 4 nitrogen and oxygen atoms in total. The number of ether oxygens (including phenoxy) is 1. The average Bonchev–Trinajstić information content (AvgIpc) is 2.56. The Morgan fingerprint density at radius 1 is 1.24 bits per heavy atom. The molecule has 0 saturated heterocycles. The Morgan fingerprint density at radius 2 is 2.00 bits per heavy atom. The monoisotopic (exact) mass is 348 g/mol. The van der Waals surface area contributed by atoms with Crippen LogP contribution in [0.15, 0.2) is 42.5 Å². The lowest BCUT2D eigenvalue weighted by molar-refractivity contribution is -0.120. The van der Waals surface area contributed by atoms with E-state index >= 15 is 0 Å². The second-order valence-electron chi connectivity index (χ2n) is 5.93. The molecule has 0 aromatic heterocycles. The van der Waals surface area contributed by atoms with Crippen LogP contribution in [0.3, 0.4) is 0 Å². The van der Waals surface area contributed by atoms with E-state index in [2.05, 4.69) is 5.32 Å². The number of anilines is 1. The molecular weight excluding hydrogens is 326 g/mol. The zero-order valence-corrected chi connectivity index (χ0v) is 14.6. The van der Waals surface area contributed by atoms with E-state index in [1.165, 1.54) is 6.07 Å². The fourth-order valence-corrected chi connectivity index (χ4v) is 2.23. The van der Waals surface area contributed by atoms with Gasteiger partial charge < -0.3 is 10.1 Å². The van der Waals surface area contributed by atoms with E-state index in [1.54, 1.807) is 18.9 Å². The van der Waals surface area contributed by atoms with Crippen LogP contribution in [-0.4, -0.2) is 37.0 Å². The summed E-state index contributed by atoms with van der Waals surface area (Å²) in [6.07, 6.45) is 0. The maximum absolute atomic E-state index is 13.6. The first kappa shape index (κ1) is 18.9. The first-order valence-corrected chi connectivity index (χ1v) is 8.02. The van der Waals surface area contributed by atoms with Crippen LogP contribution in [0.25, 0.3) is 0 Å². The minimum atomic E-state index is -0.800. The molecule has 1 N–H and O–H groups in total. The molecule has 1 unspecified atom stereocenters. The zero-order chi connectivity index (χ0) is 18.4. The number of hydrogen-bond acceptors (Lipinski definition) is 3. The van der Waals surface area contributed by atoms with Crippen molar-refractivity contribution in [2.75, 3.05) is 25.5 Å². The van der Waals surface area contributed by atoms with Gasteiger partial charge in [0.1, 0.15) is 24.0 Å². The largest absolute Gasteiger partial charge is 0.492 e. The lowest BCUT2D eigenvalue weighted by Crippen LogP contribution is -2.41. The predicted octanol–water partition coefficient (Wildman–Crippen LogP) is 3.61. The van der Waals surface area contributed by atoms with Gasteiger partial charge in [-0.2, -0.15) is 0 Å². The molecule has 0 spiro atoms. The predicted molar refractivity (Wildman–Crippen MR) is 93.8 cm³/mol. The highest BCUT2D eigenvalue weighted by Gasteiger charge is 2.19. The number of likely N-dealkylation sites (N-methyl/N-ethyl adjacent to an activating group) is 1. The Morgan fingerprint density at radius 3 is 2.68 bits per heavy atom. The number of nitrogens with zero attached hydrogens (tertiary/aromatic N) is 1. The average molecular weight is 348 g/mol. The highest BCUT2D eigenvalue weighted by atomic mass is 19.1. The molecule has 0 aliphatic carbocycles. The summed E-state index contributed by atoms with van der Waals surface area (Å²) < 4.78 is 32.2. The van der Waals surface area contributed by atoms with E-state index in [0.717, 1.165) is 23.4 Å². The van der Waals surface area contributed by atoms with Crippen molar-refractivity contribution in [1.82, 2.24) is 4.90 Å². The third kappa shape index (κ3) is 5.53. The van der Waals surface area contributed by atoms with Gasteiger partial charge >= 0.3 is 0 Å². The topological polar surface area (TPSA) is 41.6 Å². The quantitative estimate of drug-likeness (QED) is 0.831. The standard InChI is InChI=1S/C19H22F2N2O2/c1-13-5-4-6-16(11-13)25-10-9-23(3)14(2)19(24)22-18-8-7-15(20)12-17(18)21/h4-8,11-12,14H,9-10H2,1-3H3,(H,22,24). The van der Waals surface area contributed by atoms with Crippen molar-refractivity contribution < 1.29 is 18.3 Å². The second-order valence-corrected chi connectivity index (χ2v) is 5.93. The van der Waals surface area contributed by atoms with Crippen molar-refractivity contribution >= 4 is 11.6 Å². The van der Waals surface area contributed by atoms with Crippen LogP contribution in [0.2, 0.25) is 0 Å². The summed E-state index contributed by atoms with van der Waals surface area (Å²) in [5.41, 5.74) is 1.07. The number of amides is 1. The number of benzene rings is 2. The molecule has 0 fully saturated rings. The number of halogens is 2. The molecule has 0 bridgehead atoms. The van der Waals surface area contributed by atoms with Crippen molar-refractivity contribution in [3.63, 3.8) is 0 Å². The van der Waals surface area contributed by atoms with Gasteiger partial charge in [0.15, 0.2) is 0 Å². The van der Waals surface area contributed by atoms with Crippen LogP contribution >= 0.6 is 0 Å². The van der Waals surface area contributed by atoms with E-state index in [0.29, 0.717) is 13.2 Å². The Bertz CT molecular complexity index is 737. The molecule has 2 aromatic carbocycles. The summed E-state index contributed by atoms with van der Waals surface area (Å²) in [7, 11) is 1.78. The van der Waals surface area contributed by atoms with E-state index in [9.17, 15) is 13.6 Å². The highest BCUT2D eigenvalue weighted by molar-refractivity contribution is 5.94. The molecule has 25 heavy (non-hydrogen) atoms. The van der Waals surface area contributed by atoms with E-state index in [-0.39, 0.29) is 11.6 Å². The fraction of sp³-hybridized carbons (Fsp3) is 0.316. The van der Waals surface area contributed by atoms with Crippen LogP contribution in [0.4, 0.5) is 14.5 Å². The smallest absolute Gasteiger partial charge is 0.241 e. The maximum Gasteiger partial charge on any atom is 0.241 e. The van der Waals surface area contributed by atoms with Gasteiger partial charge in [-0.15, -0.1) is 0 Å². The highest BCUT2D eigenvalue weighted by Crippen LogP contribution is 2.16. The lowest BCUT2D eigenvalue weighted by atomic mass is 10.2. The third-order valence-corrected chi connectivity index (χ3v) is 3.93. The van der Waals surface area contributed by atoms with Gasteiger partial charge in [0.2, 0.25) is 5.91 Å². The Balaban J connectivity index is 1.84. The van der Waals surface area contributed by atoms with Gasteiger partial charge in [0, 0.05) is 12.6 Å². The molecule has 2 aromatic rings. The number of rotatable bonds is 7. The number of hydrogen-bond donors (Lipinski definition) is 1. The molecule has 134 valence electrons. The van der Waals surface area contributed by atoms with Crippen LogP contribution in [0.5, 0.6) is 5.75 Å². The lowest BCUT2D eigenvalue weighted by Gasteiger charge is -2.24. The van der Waals surface area contributed by atoms with Crippen LogP contribution in [0, 0.1) is 18.6 Å². The first-order valence-electron chi connectivity index (χ1n) is 8.02. The molecule has 2 rings (SSSR count). The molecule has 6 heteroatoms. The van der Waals surface area contributed by atoms with Crippen molar-refractivity contribution in [1.29, 1.82) is 0 Å². The van der Waals surface area contributed by atoms with Crippen LogP contribution < -0.4 is 10.1 Å². The first-order chi connectivity index (χ1) is 11.9. The minimum Gasteiger partial charge on any atom is -0.492 e. The van der Waals surface area contributed by atoms with Gasteiger partial charge in [-0.05, 0) is 50.7 Å². The van der Waals surface area contributed by atoms with Crippen LogP contribution in [0.1, 0.15) is 12.5 Å². The van der Waals surface area contributed by atoms with Crippen LogP contribution in [-0.2, 0) is 4.79 Å². The van der Waals surface area contributed by atoms with Crippen molar-refractivity contribution in [2.24, 2.45) is 0 Å².